The van der Waals surface area contributed by atoms with Gasteiger partial charge in [0.2, 0.25) is 0 Å². The number of fused-ring (bicyclic) bond motifs is 2. The van der Waals surface area contributed by atoms with Gasteiger partial charge < -0.3 is 4.74 Å². The maximum Gasteiger partial charge on any atom is 0.339 e. The van der Waals surface area contributed by atoms with E-state index >= 15 is 0 Å². The van der Waals surface area contributed by atoms with Gasteiger partial charge in [-0.2, -0.15) is 0 Å². The van der Waals surface area contributed by atoms with Crippen LogP contribution in [-0.4, -0.2) is 22.8 Å². The highest BCUT2D eigenvalue weighted by Gasteiger charge is 2.30. The number of rotatable bonds is 2. The molecule has 4 nitrogen and oxygen atoms in total. The summed E-state index contributed by atoms with van der Waals surface area (Å²) >= 11 is 0. The van der Waals surface area contributed by atoms with Gasteiger partial charge in [-0.3, -0.25) is 9.78 Å². The number of Topliss-reactive ketones (excluding diaryl/α,β-unsaturated/α-hetero) is 1. The number of ether oxygens (including phenoxy) is 1. The first-order chi connectivity index (χ1) is 12.1. The number of ketones is 1. The molecule has 0 radical (unpaired) electrons. The van der Waals surface area contributed by atoms with Crippen molar-refractivity contribution < 1.29 is 14.3 Å². The van der Waals surface area contributed by atoms with E-state index in [1.54, 1.807) is 0 Å². The Labute approximate surface area is 147 Å². The van der Waals surface area contributed by atoms with Crippen LogP contribution in [0.15, 0.2) is 24.3 Å². The third-order valence-corrected chi connectivity index (χ3v) is 5.46. The molecule has 0 bridgehead atoms. The standard InChI is InChI=1S/C21H23NO3/c1-13-10-11-17-15(12-13)20(14-6-2-3-7-16(14)22-17)21(24)25-19-9-5-4-8-18(19)23/h2-3,6-7,13,19H,4-5,8-12H2,1H3/t13-,19-/m0/s1. The lowest BCUT2D eigenvalue weighted by atomic mass is 9.84. The molecule has 0 amide bonds. The monoisotopic (exact) mass is 337 g/mol. The molecule has 1 heterocycles. The van der Waals surface area contributed by atoms with Crippen LogP contribution in [0.5, 0.6) is 0 Å². The van der Waals surface area contributed by atoms with Crippen molar-refractivity contribution in [3.8, 4) is 0 Å². The highest BCUT2D eigenvalue weighted by Crippen LogP contribution is 2.32. The average molecular weight is 337 g/mol. The third kappa shape index (κ3) is 3.06. The molecule has 1 aromatic heterocycles. The Kier molecular flexibility index (Phi) is 4.28. The molecule has 2 aliphatic carbocycles. The summed E-state index contributed by atoms with van der Waals surface area (Å²) in [5, 5.41) is 0.837. The predicted molar refractivity (Wildman–Crippen MR) is 95.6 cm³/mol. The molecule has 0 unspecified atom stereocenters. The van der Waals surface area contributed by atoms with Gasteiger partial charge in [-0.15, -0.1) is 0 Å². The Balaban J connectivity index is 1.77. The minimum Gasteiger partial charge on any atom is -0.451 e. The molecular formula is C21H23NO3. The number of aryl methyl sites for hydroxylation is 1. The van der Waals surface area contributed by atoms with E-state index in [0.717, 1.165) is 54.3 Å². The van der Waals surface area contributed by atoms with Gasteiger partial charge in [-0.1, -0.05) is 25.1 Å². The first kappa shape index (κ1) is 16.2. The second-order valence-electron chi connectivity index (χ2n) is 7.38. The molecule has 1 aromatic carbocycles. The van der Waals surface area contributed by atoms with E-state index in [-0.39, 0.29) is 11.8 Å². The molecule has 0 saturated heterocycles. The second kappa shape index (κ2) is 6.58. The highest BCUT2D eigenvalue weighted by molar-refractivity contribution is 6.06. The van der Waals surface area contributed by atoms with Crippen molar-refractivity contribution in [1.82, 2.24) is 4.98 Å². The van der Waals surface area contributed by atoms with E-state index in [1.807, 2.05) is 24.3 Å². The zero-order chi connectivity index (χ0) is 17.4. The maximum absolute atomic E-state index is 13.0. The second-order valence-corrected chi connectivity index (χ2v) is 7.38. The molecule has 25 heavy (non-hydrogen) atoms. The molecule has 130 valence electrons. The molecule has 1 fully saturated rings. The molecular weight excluding hydrogens is 314 g/mol. The van der Waals surface area contributed by atoms with Crippen molar-refractivity contribution in [2.45, 2.75) is 58.0 Å². The van der Waals surface area contributed by atoms with Crippen LogP contribution in [0.4, 0.5) is 0 Å². The van der Waals surface area contributed by atoms with Gasteiger partial charge in [-0.25, -0.2) is 4.79 Å². The number of benzene rings is 1. The minimum atomic E-state index is -0.579. The summed E-state index contributed by atoms with van der Waals surface area (Å²) < 4.78 is 5.68. The quantitative estimate of drug-likeness (QED) is 0.777. The Morgan fingerprint density at radius 3 is 2.84 bits per heavy atom. The van der Waals surface area contributed by atoms with Gasteiger partial charge in [-0.05, 0) is 56.1 Å². The smallest absolute Gasteiger partial charge is 0.339 e. The van der Waals surface area contributed by atoms with Gasteiger partial charge in [0.25, 0.3) is 0 Å². The number of hydrogen-bond donors (Lipinski definition) is 0. The first-order valence-corrected chi connectivity index (χ1v) is 9.27. The van der Waals surface area contributed by atoms with Gasteiger partial charge in [0.1, 0.15) is 0 Å². The van der Waals surface area contributed by atoms with Crippen LogP contribution < -0.4 is 0 Å². The van der Waals surface area contributed by atoms with Gasteiger partial charge in [0.05, 0.1) is 11.1 Å². The fourth-order valence-electron chi connectivity index (χ4n) is 4.06. The van der Waals surface area contributed by atoms with Crippen LogP contribution in [0.2, 0.25) is 0 Å². The van der Waals surface area contributed by atoms with Crippen LogP contribution in [0.25, 0.3) is 10.9 Å². The fourth-order valence-corrected chi connectivity index (χ4v) is 4.06. The SMILES string of the molecule is C[C@H]1CCc2nc3ccccc3c(C(=O)O[C@H]3CCCCC3=O)c2C1. The van der Waals surface area contributed by atoms with Crippen LogP contribution >= 0.6 is 0 Å². The van der Waals surface area contributed by atoms with E-state index in [1.165, 1.54) is 0 Å². The van der Waals surface area contributed by atoms with Crippen molar-refractivity contribution in [3.05, 3.63) is 41.1 Å². The van der Waals surface area contributed by atoms with E-state index in [9.17, 15) is 9.59 Å². The molecule has 1 saturated carbocycles. The van der Waals surface area contributed by atoms with Gasteiger partial charge >= 0.3 is 5.97 Å². The van der Waals surface area contributed by atoms with Crippen molar-refractivity contribution >= 4 is 22.7 Å². The van der Waals surface area contributed by atoms with E-state index < -0.39 is 6.10 Å². The number of nitrogens with zero attached hydrogens (tertiary/aromatic N) is 1. The zero-order valence-corrected chi connectivity index (χ0v) is 14.6. The van der Waals surface area contributed by atoms with Crippen LogP contribution in [0, 0.1) is 5.92 Å². The lowest BCUT2D eigenvalue weighted by molar-refractivity contribution is -0.129. The minimum absolute atomic E-state index is 0.0557. The first-order valence-electron chi connectivity index (χ1n) is 9.27. The Morgan fingerprint density at radius 2 is 2.00 bits per heavy atom. The summed E-state index contributed by atoms with van der Waals surface area (Å²) in [7, 11) is 0. The number of aromatic nitrogens is 1. The number of pyridine rings is 1. The van der Waals surface area contributed by atoms with E-state index in [0.29, 0.717) is 24.3 Å². The number of esters is 1. The van der Waals surface area contributed by atoms with Gasteiger partial charge in [0.15, 0.2) is 11.9 Å². The molecule has 2 atom stereocenters. The molecule has 4 heteroatoms. The van der Waals surface area contributed by atoms with E-state index in [2.05, 4.69) is 6.92 Å². The van der Waals surface area contributed by atoms with Crippen molar-refractivity contribution in [2.75, 3.05) is 0 Å². The number of carbonyl (C=O) groups excluding carboxylic acids is 2. The summed E-state index contributed by atoms with van der Waals surface area (Å²) in [5.41, 5.74) is 3.49. The zero-order valence-electron chi connectivity index (χ0n) is 14.6. The van der Waals surface area contributed by atoms with Crippen molar-refractivity contribution in [2.24, 2.45) is 5.92 Å². The van der Waals surface area contributed by atoms with Crippen molar-refractivity contribution in [1.29, 1.82) is 0 Å². The fraction of sp³-hybridized carbons (Fsp3) is 0.476. The summed E-state index contributed by atoms with van der Waals surface area (Å²) in [6.45, 7) is 2.21. The van der Waals surface area contributed by atoms with Gasteiger partial charge in [0, 0.05) is 17.5 Å². The average Bonchev–Trinajstić information content (AvgIpc) is 2.61. The van der Waals surface area contributed by atoms with Crippen LogP contribution in [0.3, 0.4) is 0 Å². The summed E-state index contributed by atoms with van der Waals surface area (Å²) in [6, 6.07) is 7.73. The predicted octanol–water partition coefficient (Wildman–Crippen LogP) is 4.03. The molecule has 0 aliphatic heterocycles. The topological polar surface area (TPSA) is 56.3 Å². The third-order valence-electron chi connectivity index (χ3n) is 5.46. The number of carbonyl (C=O) groups is 2. The Morgan fingerprint density at radius 1 is 1.16 bits per heavy atom. The normalized spacial score (nSPS) is 23.3. The molecule has 4 rings (SSSR count). The highest BCUT2D eigenvalue weighted by atomic mass is 16.5. The summed E-state index contributed by atoms with van der Waals surface area (Å²) in [6.07, 6.45) is 5.25. The number of hydrogen-bond acceptors (Lipinski definition) is 4. The lowest BCUT2D eigenvalue weighted by Crippen LogP contribution is -2.31. The van der Waals surface area contributed by atoms with Crippen LogP contribution in [-0.2, 0) is 22.4 Å². The Bertz CT molecular complexity index is 842. The largest absolute Gasteiger partial charge is 0.451 e. The summed E-state index contributed by atoms with van der Waals surface area (Å²) in [4.78, 5) is 29.9. The summed E-state index contributed by atoms with van der Waals surface area (Å²) in [5.74, 6) is 0.225. The van der Waals surface area contributed by atoms with Crippen molar-refractivity contribution in [3.63, 3.8) is 0 Å². The van der Waals surface area contributed by atoms with E-state index in [4.69, 9.17) is 9.72 Å². The lowest BCUT2D eigenvalue weighted by Gasteiger charge is -2.26. The number of para-hydroxylation sites is 1. The molecule has 0 spiro atoms. The van der Waals surface area contributed by atoms with Crippen LogP contribution in [0.1, 0.15) is 60.6 Å². The molecule has 2 aliphatic rings. The maximum atomic E-state index is 13.0. The molecule has 0 N–H and O–H groups in total. The Hall–Kier alpha value is -2.23. The molecule has 2 aromatic rings.